The van der Waals surface area contributed by atoms with Crippen molar-refractivity contribution in [3.63, 3.8) is 0 Å². The number of nitrogens with zero attached hydrogens (tertiary/aromatic N) is 1. The van der Waals surface area contributed by atoms with E-state index in [9.17, 15) is 14.3 Å². The van der Waals surface area contributed by atoms with E-state index in [0.717, 1.165) is 0 Å². The first kappa shape index (κ1) is 11.5. The lowest BCUT2D eigenvalue weighted by Crippen LogP contribution is -2.26. The van der Waals surface area contributed by atoms with Gasteiger partial charge in [0.15, 0.2) is 0 Å². The van der Waals surface area contributed by atoms with Crippen molar-refractivity contribution in [1.29, 1.82) is 0 Å². The van der Waals surface area contributed by atoms with Gasteiger partial charge in [-0.25, -0.2) is 4.39 Å². The summed E-state index contributed by atoms with van der Waals surface area (Å²) in [5.74, 6) is -0.484. The van der Waals surface area contributed by atoms with Gasteiger partial charge >= 0.3 is 0 Å². The smallest absolute Gasteiger partial charge is 0.229 e. The fourth-order valence-electron chi connectivity index (χ4n) is 1.85. The van der Waals surface area contributed by atoms with Gasteiger partial charge in [0.05, 0.1) is 23.5 Å². The summed E-state index contributed by atoms with van der Waals surface area (Å²) >= 11 is 3.09. The quantitative estimate of drug-likeness (QED) is 0.858. The molecule has 1 saturated heterocycles. The van der Waals surface area contributed by atoms with Gasteiger partial charge in [0, 0.05) is 5.69 Å². The van der Waals surface area contributed by atoms with E-state index >= 15 is 0 Å². The Balaban J connectivity index is 2.41. The SMILES string of the molecule is Cc1cc(F)c(Br)cc1N1CC(O)CC1=O. The van der Waals surface area contributed by atoms with Crippen molar-refractivity contribution in [3.8, 4) is 0 Å². The molecule has 0 aliphatic carbocycles. The molecule has 1 unspecified atom stereocenters. The molecule has 0 radical (unpaired) electrons. The number of amides is 1. The molecule has 16 heavy (non-hydrogen) atoms. The maximum Gasteiger partial charge on any atom is 0.229 e. The summed E-state index contributed by atoms with van der Waals surface area (Å²) in [5, 5.41) is 9.40. The van der Waals surface area contributed by atoms with E-state index in [1.54, 1.807) is 13.0 Å². The van der Waals surface area contributed by atoms with E-state index in [1.807, 2.05) is 0 Å². The molecule has 0 aromatic heterocycles. The predicted octanol–water partition coefficient (Wildman–Crippen LogP) is 1.99. The Morgan fingerprint density at radius 1 is 1.56 bits per heavy atom. The topological polar surface area (TPSA) is 40.5 Å². The van der Waals surface area contributed by atoms with E-state index in [-0.39, 0.29) is 24.7 Å². The van der Waals surface area contributed by atoms with Crippen LogP contribution in [0, 0.1) is 12.7 Å². The summed E-state index contributed by atoms with van der Waals surface area (Å²) in [4.78, 5) is 13.1. The highest BCUT2D eigenvalue weighted by molar-refractivity contribution is 9.10. The Morgan fingerprint density at radius 2 is 2.25 bits per heavy atom. The van der Waals surface area contributed by atoms with Crippen molar-refractivity contribution in [2.45, 2.75) is 19.4 Å². The van der Waals surface area contributed by atoms with Gasteiger partial charge in [0.1, 0.15) is 5.82 Å². The fraction of sp³-hybridized carbons (Fsp3) is 0.364. The number of β-amino-alcohol motifs (C(OH)–C–C–N with tert-alkyl or cyclic N) is 1. The largest absolute Gasteiger partial charge is 0.391 e. The van der Waals surface area contributed by atoms with Crippen LogP contribution in [-0.2, 0) is 4.79 Å². The van der Waals surface area contributed by atoms with Gasteiger partial charge < -0.3 is 10.0 Å². The monoisotopic (exact) mass is 287 g/mol. The van der Waals surface area contributed by atoms with E-state index in [2.05, 4.69) is 15.9 Å². The second kappa shape index (κ2) is 4.14. The van der Waals surface area contributed by atoms with E-state index < -0.39 is 6.10 Å². The lowest BCUT2D eigenvalue weighted by atomic mass is 10.2. The Bertz CT molecular complexity index is 450. The second-order valence-electron chi connectivity index (χ2n) is 3.92. The number of rotatable bonds is 1. The van der Waals surface area contributed by atoms with Crippen LogP contribution in [0.15, 0.2) is 16.6 Å². The maximum absolute atomic E-state index is 13.2. The summed E-state index contributed by atoms with van der Waals surface area (Å²) in [7, 11) is 0. The number of aryl methyl sites for hydroxylation is 1. The summed E-state index contributed by atoms with van der Waals surface area (Å²) in [6.45, 7) is 2.01. The predicted molar refractivity (Wildman–Crippen MR) is 61.8 cm³/mol. The molecule has 1 fully saturated rings. The van der Waals surface area contributed by atoms with Crippen LogP contribution in [0.2, 0.25) is 0 Å². The highest BCUT2D eigenvalue weighted by Crippen LogP contribution is 2.30. The van der Waals surface area contributed by atoms with Gasteiger partial charge in [0.25, 0.3) is 0 Å². The van der Waals surface area contributed by atoms with Gasteiger partial charge in [0.2, 0.25) is 5.91 Å². The average molecular weight is 288 g/mol. The third-order valence-electron chi connectivity index (χ3n) is 2.63. The lowest BCUT2D eigenvalue weighted by Gasteiger charge is -2.19. The number of hydrogen-bond donors (Lipinski definition) is 1. The fourth-order valence-corrected chi connectivity index (χ4v) is 2.18. The number of aliphatic hydroxyl groups excluding tert-OH is 1. The van der Waals surface area contributed by atoms with Crippen LogP contribution >= 0.6 is 15.9 Å². The third kappa shape index (κ3) is 1.97. The summed E-state index contributed by atoms with van der Waals surface area (Å²) in [6, 6.07) is 2.94. The molecule has 0 spiro atoms. The Labute approximate surface area is 101 Å². The highest BCUT2D eigenvalue weighted by Gasteiger charge is 2.30. The first-order valence-corrected chi connectivity index (χ1v) is 5.72. The molecule has 1 heterocycles. The Hall–Kier alpha value is -0.940. The minimum absolute atomic E-state index is 0.130. The van der Waals surface area contributed by atoms with Gasteiger partial charge in [-0.1, -0.05) is 0 Å². The van der Waals surface area contributed by atoms with Crippen LogP contribution in [0.3, 0.4) is 0 Å². The zero-order valence-corrected chi connectivity index (χ0v) is 10.3. The maximum atomic E-state index is 13.2. The normalized spacial score (nSPS) is 20.6. The summed E-state index contributed by atoms with van der Waals surface area (Å²) in [6.07, 6.45) is -0.496. The molecular weight excluding hydrogens is 277 g/mol. The van der Waals surface area contributed by atoms with E-state index in [4.69, 9.17) is 0 Å². The minimum atomic E-state index is -0.629. The van der Waals surface area contributed by atoms with E-state index in [1.165, 1.54) is 11.0 Å². The van der Waals surface area contributed by atoms with Crippen molar-refractivity contribution in [3.05, 3.63) is 28.0 Å². The van der Waals surface area contributed by atoms with E-state index in [0.29, 0.717) is 15.7 Å². The minimum Gasteiger partial charge on any atom is -0.391 e. The molecule has 1 aromatic carbocycles. The van der Waals surface area contributed by atoms with Crippen LogP contribution < -0.4 is 4.90 Å². The number of benzene rings is 1. The molecule has 3 nitrogen and oxygen atoms in total. The molecule has 1 amide bonds. The number of halogens is 2. The van der Waals surface area contributed by atoms with Crippen LogP contribution in [-0.4, -0.2) is 23.7 Å². The van der Waals surface area contributed by atoms with Gasteiger partial charge in [-0.3, -0.25) is 4.79 Å². The highest BCUT2D eigenvalue weighted by atomic mass is 79.9. The average Bonchev–Trinajstić information content (AvgIpc) is 2.51. The van der Waals surface area contributed by atoms with Crippen LogP contribution in [0.1, 0.15) is 12.0 Å². The van der Waals surface area contributed by atoms with Crippen molar-refractivity contribution >= 4 is 27.5 Å². The molecular formula is C11H11BrFNO2. The molecule has 0 bridgehead atoms. The third-order valence-corrected chi connectivity index (χ3v) is 3.24. The molecule has 1 aromatic rings. The van der Waals surface area contributed by atoms with Crippen LogP contribution in [0.25, 0.3) is 0 Å². The zero-order valence-electron chi connectivity index (χ0n) is 8.70. The zero-order chi connectivity index (χ0) is 11.9. The first-order chi connectivity index (χ1) is 7.49. The first-order valence-electron chi connectivity index (χ1n) is 4.93. The Morgan fingerprint density at radius 3 is 2.81 bits per heavy atom. The van der Waals surface area contributed by atoms with Crippen molar-refractivity contribution in [1.82, 2.24) is 0 Å². The number of hydrogen-bond acceptors (Lipinski definition) is 2. The molecule has 86 valence electrons. The second-order valence-corrected chi connectivity index (χ2v) is 4.77. The van der Waals surface area contributed by atoms with Gasteiger partial charge in [-0.2, -0.15) is 0 Å². The molecule has 0 saturated carbocycles. The summed E-state index contributed by atoms with van der Waals surface area (Å²) in [5.41, 5.74) is 1.33. The van der Waals surface area contributed by atoms with Crippen molar-refractivity contribution in [2.24, 2.45) is 0 Å². The van der Waals surface area contributed by atoms with Gasteiger partial charge in [-0.05, 0) is 40.5 Å². The number of carbonyl (C=O) groups excluding carboxylic acids is 1. The molecule has 1 N–H and O–H groups in total. The van der Waals surface area contributed by atoms with Crippen molar-refractivity contribution in [2.75, 3.05) is 11.4 Å². The van der Waals surface area contributed by atoms with Crippen LogP contribution in [0.5, 0.6) is 0 Å². The molecule has 1 atom stereocenters. The van der Waals surface area contributed by atoms with Crippen molar-refractivity contribution < 1.29 is 14.3 Å². The van der Waals surface area contributed by atoms with Gasteiger partial charge in [-0.15, -0.1) is 0 Å². The molecule has 5 heteroatoms. The number of anilines is 1. The lowest BCUT2D eigenvalue weighted by molar-refractivity contribution is -0.117. The summed E-state index contributed by atoms with van der Waals surface area (Å²) < 4.78 is 13.5. The molecule has 1 aliphatic rings. The Kier molecular flexibility index (Phi) is 2.99. The number of carbonyl (C=O) groups is 1. The van der Waals surface area contributed by atoms with Crippen LogP contribution in [0.4, 0.5) is 10.1 Å². The standard InChI is InChI=1S/C11H11BrFNO2/c1-6-2-9(13)8(12)4-10(6)14-5-7(15)3-11(14)16/h2,4,7,15H,3,5H2,1H3. The molecule has 2 rings (SSSR count). The number of aliphatic hydroxyl groups is 1. The molecule has 1 aliphatic heterocycles.